The molecule has 1 amide bonds. The molecule has 3 rings (SSSR count). The average Bonchev–Trinajstić information content (AvgIpc) is 3.16. The van der Waals surface area contributed by atoms with Gasteiger partial charge in [0.15, 0.2) is 0 Å². The summed E-state index contributed by atoms with van der Waals surface area (Å²) in [6.45, 7) is 2.37. The largest absolute Gasteiger partial charge is 0.352 e. The molecule has 2 aromatic heterocycles. The van der Waals surface area contributed by atoms with E-state index in [1.54, 1.807) is 21.9 Å². The molecule has 1 N–H and O–H groups in total. The molecule has 7 heteroatoms. The summed E-state index contributed by atoms with van der Waals surface area (Å²) in [6.07, 6.45) is 3.92. The molecule has 23 heavy (non-hydrogen) atoms. The van der Waals surface area contributed by atoms with Gasteiger partial charge in [-0.3, -0.25) is 9.48 Å². The first-order valence-corrected chi connectivity index (χ1v) is 7.38. The summed E-state index contributed by atoms with van der Waals surface area (Å²) in [7, 11) is 1.81. The summed E-state index contributed by atoms with van der Waals surface area (Å²) in [6, 6.07) is 9.71. The van der Waals surface area contributed by atoms with Crippen LogP contribution in [0.2, 0.25) is 0 Å². The number of carbonyl (C=O) groups excluding carboxylic acids is 1. The van der Waals surface area contributed by atoms with Crippen LogP contribution in [0.1, 0.15) is 21.7 Å². The molecule has 118 valence electrons. The van der Waals surface area contributed by atoms with Crippen molar-refractivity contribution in [2.45, 2.75) is 13.3 Å². The van der Waals surface area contributed by atoms with Crippen LogP contribution >= 0.6 is 0 Å². The topological polar surface area (TPSA) is 77.6 Å². The Balaban J connectivity index is 1.56. The minimum atomic E-state index is -0.119. The highest BCUT2D eigenvalue weighted by Gasteiger charge is 2.12. The maximum absolute atomic E-state index is 12.1. The van der Waals surface area contributed by atoms with E-state index in [2.05, 4.69) is 20.6 Å². The van der Waals surface area contributed by atoms with Crippen molar-refractivity contribution >= 4 is 5.91 Å². The average molecular weight is 310 g/mol. The molecule has 0 fully saturated rings. The molecule has 0 saturated heterocycles. The quantitative estimate of drug-likeness (QED) is 0.770. The summed E-state index contributed by atoms with van der Waals surface area (Å²) in [5.41, 5.74) is 3.18. The van der Waals surface area contributed by atoms with Crippen molar-refractivity contribution in [1.29, 1.82) is 0 Å². The van der Waals surface area contributed by atoms with Gasteiger partial charge >= 0.3 is 0 Å². The van der Waals surface area contributed by atoms with Gasteiger partial charge in [0.05, 0.1) is 29.3 Å². The Morgan fingerprint density at radius 1 is 1.17 bits per heavy atom. The number of hydrogen-bond donors (Lipinski definition) is 1. The van der Waals surface area contributed by atoms with Crippen LogP contribution in [0.3, 0.4) is 0 Å². The van der Waals surface area contributed by atoms with E-state index in [0.29, 0.717) is 18.5 Å². The van der Waals surface area contributed by atoms with Crippen LogP contribution in [-0.4, -0.2) is 37.2 Å². The van der Waals surface area contributed by atoms with Gasteiger partial charge in [-0.1, -0.05) is 18.2 Å². The fourth-order valence-corrected chi connectivity index (χ4v) is 2.22. The number of carbonyl (C=O) groups is 1. The van der Waals surface area contributed by atoms with Crippen molar-refractivity contribution in [1.82, 2.24) is 30.1 Å². The molecule has 1 aromatic carbocycles. The smallest absolute Gasteiger partial charge is 0.254 e. The molecule has 2 heterocycles. The molecule has 0 spiro atoms. The normalized spacial score (nSPS) is 10.7. The van der Waals surface area contributed by atoms with Gasteiger partial charge in [0, 0.05) is 25.7 Å². The molecule has 0 aliphatic carbocycles. The first-order chi connectivity index (χ1) is 11.1. The van der Waals surface area contributed by atoms with Crippen LogP contribution in [0.4, 0.5) is 0 Å². The van der Waals surface area contributed by atoms with E-state index in [-0.39, 0.29) is 5.91 Å². The number of amides is 1. The van der Waals surface area contributed by atoms with Gasteiger partial charge in [-0.15, -0.1) is 0 Å². The second-order valence-corrected chi connectivity index (χ2v) is 5.23. The monoisotopic (exact) mass is 310 g/mol. The Bertz CT molecular complexity index is 805. The lowest BCUT2D eigenvalue weighted by Gasteiger charge is -2.03. The first-order valence-electron chi connectivity index (χ1n) is 7.38. The van der Waals surface area contributed by atoms with Crippen molar-refractivity contribution in [3.05, 3.63) is 59.7 Å². The lowest BCUT2D eigenvalue weighted by atomic mass is 10.2. The maximum atomic E-state index is 12.1. The van der Waals surface area contributed by atoms with Crippen LogP contribution in [0.5, 0.6) is 0 Å². The molecule has 0 saturated carbocycles. The zero-order valence-electron chi connectivity index (χ0n) is 13.1. The van der Waals surface area contributed by atoms with Crippen LogP contribution < -0.4 is 5.32 Å². The van der Waals surface area contributed by atoms with Crippen LogP contribution in [0, 0.1) is 6.92 Å². The number of hydrogen-bond acceptors (Lipinski definition) is 4. The minimum absolute atomic E-state index is 0.119. The second kappa shape index (κ2) is 6.43. The van der Waals surface area contributed by atoms with Gasteiger partial charge in [0.25, 0.3) is 5.91 Å². The van der Waals surface area contributed by atoms with Gasteiger partial charge in [0.1, 0.15) is 0 Å². The van der Waals surface area contributed by atoms with Gasteiger partial charge in [-0.25, -0.2) is 0 Å². The zero-order valence-corrected chi connectivity index (χ0v) is 13.1. The summed E-state index contributed by atoms with van der Waals surface area (Å²) in [4.78, 5) is 13.7. The molecule has 0 atom stereocenters. The molecule has 0 aliphatic heterocycles. The third-order valence-electron chi connectivity index (χ3n) is 3.67. The SMILES string of the molecule is Cc1c(C(=O)NCCc2cnn(-c3ccccc3)n2)cnn1C. The van der Waals surface area contributed by atoms with E-state index < -0.39 is 0 Å². The first kappa shape index (κ1) is 15.0. The van der Waals surface area contributed by atoms with E-state index in [4.69, 9.17) is 0 Å². The Morgan fingerprint density at radius 3 is 2.65 bits per heavy atom. The molecule has 0 aliphatic rings. The van der Waals surface area contributed by atoms with Crippen molar-refractivity contribution in [3.63, 3.8) is 0 Å². The number of nitrogens with one attached hydrogen (secondary N) is 1. The molecule has 0 bridgehead atoms. The van der Waals surface area contributed by atoms with E-state index in [0.717, 1.165) is 17.1 Å². The van der Waals surface area contributed by atoms with E-state index >= 15 is 0 Å². The number of para-hydroxylation sites is 1. The third-order valence-corrected chi connectivity index (χ3v) is 3.67. The van der Waals surface area contributed by atoms with Crippen molar-refractivity contribution < 1.29 is 4.79 Å². The van der Waals surface area contributed by atoms with Crippen molar-refractivity contribution in [2.75, 3.05) is 6.54 Å². The summed E-state index contributed by atoms with van der Waals surface area (Å²) >= 11 is 0. The summed E-state index contributed by atoms with van der Waals surface area (Å²) in [5.74, 6) is -0.119. The predicted molar refractivity (Wildman–Crippen MR) is 85.3 cm³/mol. The summed E-state index contributed by atoms with van der Waals surface area (Å²) in [5, 5.41) is 15.6. The second-order valence-electron chi connectivity index (χ2n) is 5.23. The lowest BCUT2D eigenvalue weighted by Crippen LogP contribution is -2.26. The number of rotatable bonds is 5. The molecule has 0 unspecified atom stereocenters. The van der Waals surface area contributed by atoms with Crippen molar-refractivity contribution in [3.8, 4) is 5.69 Å². The minimum Gasteiger partial charge on any atom is -0.352 e. The lowest BCUT2D eigenvalue weighted by molar-refractivity contribution is 0.0953. The Morgan fingerprint density at radius 2 is 1.96 bits per heavy atom. The van der Waals surface area contributed by atoms with Crippen LogP contribution in [-0.2, 0) is 13.5 Å². The zero-order chi connectivity index (χ0) is 16.2. The number of aromatic nitrogens is 5. The molecule has 0 radical (unpaired) electrons. The van der Waals surface area contributed by atoms with Gasteiger partial charge in [0.2, 0.25) is 0 Å². The van der Waals surface area contributed by atoms with Crippen LogP contribution in [0.25, 0.3) is 5.69 Å². The van der Waals surface area contributed by atoms with E-state index in [1.165, 1.54) is 0 Å². The van der Waals surface area contributed by atoms with Crippen molar-refractivity contribution in [2.24, 2.45) is 7.05 Å². The number of nitrogens with zero attached hydrogens (tertiary/aromatic N) is 5. The summed E-state index contributed by atoms with van der Waals surface area (Å²) < 4.78 is 1.68. The van der Waals surface area contributed by atoms with Gasteiger partial charge in [-0.2, -0.15) is 20.1 Å². The highest BCUT2D eigenvalue weighted by Crippen LogP contribution is 2.06. The predicted octanol–water partition coefficient (Wildman–Crippen LogP) is 1.28. The van der Waals surface area contributed by atoms with Gasteiger partial charge < -0.3 is 5.32 Å². The number of aryl methyl sites for hydroxylation is 1. The maximum Gasteiger partial charge on any atom is 0.254 e. The molecule has 7 nitrogen and oxygen atoms in total. The van der Waals surface area contributed by atoms with E-state index in [1.807, 2.05) is 44.3 Å². The third kappa shape index (κ3) is 3.28. The fraction of sp³-hybridized carbons (Fsp3) is 0.250. The molecular formula is C16H18N6O. The Kier molecular flexibility index (Phi) is 4.18. The molecular weight excluding hydrogens is 292 g/mol. The van der Waals surface area contributed by atoms with Gasteiger partial charge in [-0.05, 0) is 19.1 Å². The Hall–Kier alpha value is -2.96. The van der Waals surface area contributed by atoms with E-state index in [9.17, 15) is 4.79 Å². The standard InChI is InChI=1S/C16H18N6O/c1-12-15(11-18-21(12)2)16(23)17-9-8-13-10-19-22(20-13)14-6-4-3-5-7-14/h3-7,10-11H,8-9H2,1-2H3,(H,17,23). The number of benzene rings is 1. The van der Waals surface area contributed by atoms with Crippen LogP contribution in [0.15, 0.2) is 42.7 Å². The Labute approximate surface area is 133 Å². The highest BCUT2D eigenvalue weighted by atomic mass is 16.1. The highest BCUT2D eigenvalue weighted by molar-refractivity contribution is 5.94. The molecule has 3 aromatic rings. The fourth-order valence-electron chi connectivity index (χ4n) is 2.22.